The topological polar surface area (TPSA) is 35.6 Å². The lowest BCUT2D eigenvalue weighted by atomic mass is 10.0. The van der Waals surface area contributed by atoms with E-state index in [2.05, 4.69) is 46.4 Å². The quantitative estimate of drug-likeness (QED) is 0.904. The first kappa shape index (κ1) is 17.1. The van der Waals surface area contributed by atoms with Crippen LogP contribution in [0.4, 0.5) is 4.79 Å². The molecule has 0 unspecified atom stereocenters. The number of likely N-dealkylation sites (tertiary alicyclic amines) is 1. The van der Waals surface area contributed by atoms with Crippen molar-refractivity contribution in [3.8, 4) is 0 Å². The maximum Gasteiger partial charge on any atom is 0.317 e. The molecule has 2 aliphatic heterocycles. The van der Waals surface area contributed by atoms with Crippen LogP contribution in [0.25, 0.3) is 0 Å². The van der Waals surface area contributed by atoms with Crippen LogP contribution in [0.15, 0.2) is 17.5 Å². The predicted molar refractivity (Wildman–Crippen MR) is 99.5 cm³/mol. The summed E-state index contributed by atoms with van der Waals surface area (Å²) < 4.78 is 0. The highest BCUT2D eigenvalue weighted by molar-refractivity contribution is 7.99. The number of carbonyl (C=O) groups is 1. The third-order valence-electron chi connectivity index (χ3n) is 4.77. The van der Waals surface area contributed by atoms with Gasteiger partial charge in [-0.25, -0.2) is 4.79 Å². The average Bonchev–Trinajstić information content (AvgIpc) is 3.08. The lowest BCUT2D eigenvalue weighted by Gasteiger charge is -2.40. The molecule has 2 saturated heterocycles. The van der Waals surface area contributed by atoms with Crippen LogP contribution in [0.5, 0.6) is 0 Å². The summed E-state index contributed by atoms with van der Waals surface area (Å²) in [6, 6.07) is 5.19. The first-order chi connectivity index (χ1) is 11.2. The lowest BCUT2D eigenvalue weighted by Crippen LogP contribution is -2.52. The van der Waals surface area contributed by atoms with Gasteiger partial charge in [-0.2, -0.15) is 11.8 Å². The maximum absolute atomic E-state index is 12.4. The van der Waals surface area contributed by atoms with Crippen molar-refractivity contribution in [1.29, 1.82) is 0 Å². The number of piperidine rings is 1. The Morgan fingerprint density at radius 1 is 1.30 bits per heavy atom. The molecule has 3 rings (SSSR count). The second kappa shape index (κ2) is 8.40. The molecule has 0 bridgehead atoms. The fourth-order valence-electron chi connectivity index (χ4n) is 3.46. The van der Waals surface area contributed by atoms with Crippen LogP contribution in [0.1, 0.15) is 24.6 Å². The highest BCUT2D eigenvalue weighted by atomic mass is 32.2. The molecule has 0 aliphatic carbocycles. The first-order valence-electron chi connectivity index (χ1n) is 8.62. The van der Waals surface area contributed by atoms with E-state index >= 15 is 0 Å². The van der Waals surface area contributed by atoms with Crippen LogP contribution in [-0.4, -0.2) is 65.6 Å². The summed E-state index contributed by atoms with van der Waals surface area (Å²) in [6.07, 6.45) is 3.17. The van der Waals surface area contributed by atoms with Crippen LogP contribution in [0, 0.1) is 0 Å². The SMILES string of the molecule is C[C@H](Cc1cccs1)NC(=O)N1CCC(N2CCSCC2)CC1. The molecule has 23 heavy (non-hydrogen) atoms. The minimum atomic E-state index is 0.113. The first-order valence-corrected chi connectivity index (χ1v) is 10.7. The summed E-state index contributed by atoms with van der Waals surface area (Å²) in [7, 11) is 0. The van der Waals surface area contributed by atoms with E-state index in [-0.39, 0.29) is 12.1 Å². The summed E-state index contributed by atoms with van der Waals surface area (Å²) in [5.41, 5.74) is 0. The van der Waals surface area contributed by atoms with Crippen molar-refractivity contribution >= 4 is 29.1 Å². The molecule has 2 fully saturated rings. The van der Waals surface area contributed by atoms with Gasteiger partial charge in [-0.3, -0.25) is 4.90 Å². The van der Waals surface area contributed by atoms with Crippen molar-refractivity contribution in [1.82, 2.24) is 15.1 Å². The minimum absolute atomic E-state index is 0.113. The molecule has 1 N–H and O–H groups in total. The van der Waals surface area contributed by atoms with E-state index in [1.54, 1.807) is 11.3 Å². The Morgan fingerprint density at radius 2 is 2.04 bits per heavy atom. The highest BCUT2D eigenvalue weighted by Gasteiger charge is 2.28. The van der Waals surface area contributed by atoms with Crippen LogP contribution in [-0.2, 0) is 6.42 Å². The van der Waals surface area contributed by atoms with Gasteiger partial charge in [0.1, 0.15) is 0 Å². The molecule has 3 heterocycles. The molecule has 4 nitrogen and oxygen atoms in total. The van der Waals surface area contributed by atoms with E-state index in [1.807, 2.05) is 4.90 Å². The van der Waals surface area contributed by atoms with E-state index < -0.39 is 0 Å². The minimum Gasteiger partial charge on any atom is -0.335 e. The van der Waals surface area contributed by atoms with Gasteiger partial charge in [-0.05, 0) is 31.2 Å². The summed E-state index contributed by atoms with van der Waals surface area (Å²) >= 11 is 3.82. The number of nitrogens with one attached hydrogen (secondary N) is 1. The number of urea groups is 1. The number of thioether (sulfide) groups is 1. The van der Waals surface area contributed by atoms with Crippen LogP contribution in [0.3, 0.4) is 0 Å². The second-order valence-electron chi connectivity index (χ2n) is 6.50. The summed E-state index contributed by atoms with van der Waals surface area (Å²) in [4.78, 5) is 18.4. The molecule has 2 amide bonds. The van der Waals surface area contributed by atoms with Gasteiger partial charge in [-0.15, -0.1) is 11.3 Å². The molecular weight excluding hydrogens is 326 g/mol. The summed E-state index contributed by atoms with van der Waals surface area (Å²) in [5, 5.41) is 5.25. The Balaban J connectivity index is 1.40. The number of thiophene rings is 1. The van der Waals surface area contributed by atoms with Crippen molar-refractivity contribution in [3.05, 3.63) is 22.4 Å². The van der Waals surface area contributed by atoms with E-state index in [1.165, 1.54) is 29.5 Å². The third-order valence-corrected chi connectivity index (χ3v) is 6.61. The van der Waals surface area contributed by atoms with Crippen LogP contribution in [0.2, 0.25) is 0 Å². The summed E-state index contributed by atoms with van der Waals surface area (Å²) in [5.74, 6) is 2.53. The zero-order chi connectivity index (χ0) is 16.1. The Labute approximate surface area is 147 Å². The second-order valence-corrected chi connectivity index (χ2v) is 8.76. The number of carbonyl (C=O) groups excluding carboxylic acids is 1. The van der Waals surface area contributed by atoms with Crippen molar-refractivity contribution < 1.29 is 4.79 Å². The molecule has 0 saturated carbocycles. The molecule has 6 heteroatoms. The van der Waals surface area contributed by atoms with E-state index in [0.717, 1.165) is 32.4 Å². The summed E-state index contributed by atoms with van der Waals surface area (Å²) in [6.45, 7) is 6.33. The van der Waals surface area contributed by atoms with Gasteiger partial charge < -0.3 is 10.2 Å². The average molecular weight is 354 g/mol. The van der Waals surface area contributed by atoms with Gasteiger partial charge in [0.05, 0.1) is 0 Å². The lowest BCUT2D eigenvalue weighted by molar-refractivity contribution is 0.123. The van der Waals surface area contributed by atoms with Crippen LogP contribution < -0.4 is 5.32 Å². The van der Waals surface area contributed by atoms with Gasteiger partial charge >= 0.3 is 6.03 Å². The molecule has 2 aliphatic rings. The van der Waals surface area contributed by atoms with Crippen molar-refractivity contribution in [2.24, 2.45) is 0 Å². The van der Waals surface area contributed by atoms with E-state index in [0.29, 0.717) is 6.04 Å². The molecule has 0 spiro atoms. The fraction of sp³-hybridized carbons (Fsp3) is 0.706. The van der Waals surface area contributed by atoms with Gasteiger partial charge in [-0.1, -0.05) is 6.07 Å². The van der Waals surface area contributed by atoms with Gasteiger partial charge in [0, 0.05) is 61.1 Å². The molecule has 128 valence electrons. The van der Waals surface area contributed by atoms with Crippen molar-refractivity contribution in [2.75, 3.05) is 37.7 Å². The normalized spacial score (nSPS) is 22.0. The van der Waals surface area contributed by atoms with Crippen molar-refractivity contribution in [2.45, 2.75) is 38.3 Å². The number of hydrogen-bond donors (Lipinski definition) is 1. The fourth-order valence-corrected chi connectivity index (χ4v) is 5.23. The zero-order valence-electron chi connectivity index (χ0n) is 13.9. The third kappa shape index (κ3) is 4.88. The predicted octanol–water partition coefficient (Wildman–Crippen LogP) is 2.90. The Morgan fingerprint density at radius 3 is 2.70 bits per heavy atom. The van der Waals surface area contributed by atoms with Gasteiger partial charge in [0.25, 0.3) is 0 Å². The number of amides is 2. The molecule has 0 aromatic carbocycles. The molecule has 1 aromatic heterocycles. The molecule has 1 aromatic rings. The zero-order valence-corrected chi connectivity index (χ0v) is 15.5. The Hall–Kier alpha value is -0.720. The van der Waals surface area contributed by atoms with E-state index in [4.69, 9.17) is 0 Å². The number of rotatable bonds is 4. The molecule has 0 radical (unpaired) electrons. The Bertz CT molecular complexity index is 480. The largest absolute Gasteiger partial charge is 0.335 e. The number of nitrogens with zero attached hydrogens (tertiary/aromatic N) is 2. The molecular formula is C17H27N3OS2. The smallest absolute Gasteiger partial charge is 0.317 e. The van der Waals surface area contributed by atoms with Gasteiger partial charge in [0.15, 0.2) is 0 Å². The maximum atomic E-state index is 12.4. The monoisotopic (exact) mass is 353 g/mol. The Kier molecular flexibility index (Phi) is 6.25. The van der Waals surface area contributed by atoms with Crippen LogP contribution >= 0.6 is 23.1 Å². The number of hydrogen-bond acceptors (Lipinski definition) is 4. The molecule has 1 atom stereocenters. The van der Waals surface area contributed by atoms with E-state index in [9.17, 15) is 4.79 Å². The van der Waals surface area contributed by atoms with Gasteiger partial charge in [0.2, 0.25) is 0 Å². The highest BCUT2D eigenvalue weighted by Crippen LogP contribution is 2.20. The standard InChI is InChI=1S/C17H27N3OS2/c1-14(13-16-3-2-10-23-16)18-17(21)20-6-4-15(5-7-20)19-8-11-22-12-9-19/h2-3,10,14-15H,4-9,11-13H2,1H3,(H,18,21)/t14-/m1/s1. The van der Waals surface area contributed by atoms with Crippen molar-refractivity contribution in [3.63, 3.8) is 0 Å².